The van der Waals surface area contributed by atoms with Crippen LogP contribution in [-0.4, -0.2) is 29.3 Å². The molecule has 0 radical (unpaired) electrons. The van der Waals surface area contributed by atoms with Gasteiger partial charge in [-0.3, -0.25) is 4.79 Å². The number of carbonyl (C=O) groups is 2. The van der Waals surface area contributed by atoms with Crippen molar-refractivity contribution in [1.82, 2.24) is 5.32 Å². The molecular weight excluding hydrogens is 354 g/mol. The first-order chi connectivity index (χ1) is 13.3. The lowest BCUT2D eigenvalue weighted by molar-refractivity contribution is -0.138. The lowest BCUT2D eigenvalue weighted by Gasteiger charge is -2.30. The third kappa shape index (κ3) is 4.35. The average molecular weight is 381 g/mol. The van der Waals surface area contributed by atoms with Crippen LogP contribution in [-0.2, 0) is 9.53 Å². The average Bonchev–Trinajstić information content (AvgIpc) is 2.92. The minimum atomic E-state index is -0.943. The molecule has 1 atom stereocenters. The van der Waals surface area contributed by atoms with Gasteiger partial charge in [0.15, 0.2) is 0 Å². The second-order valence-electron chi connectivity index (χ2n) is 8.18. The summed E-state index contributed by atoms with van der Waals surface area (Å²) in [6, 6.07) is 16.3. The van der Waals surface area contributed by atoms with Crippen molar-refractivity contribution in [3.05, 3.63) is 59.7 Å². The molecule has 3 rings (SSSR count). The zero-order chi connectivity index (χ0) is 20.3. The fraction of sp³-hybridized carbons (Fsp3) is 0.391. The minimum Gasteiger partial charge on any atom is -0.481 e. The summed E-state index contributed by atoms with van der Waals surface area (Å²) in [5, 5.41) is 12.0. The lowest BCUT2D eigenvalue weighted by Crippen LogP contribution is -2.48. The summed E-state index contributed by atoms with van der Waals surface area (Å²) in [7, 11) is 0. The van der Waals surface area contributed by atoms with Crippen LogP contribution in [0.3, 0.4) is 0 Å². The van der Waals surface area contributed by atoms with Crippen LogP contribution < -0.4 is 5.32 Å². The fourth-order valence-corrected chi connectivity index (χ4v) is 4.28. The van der Waals surface area contributed by atoms with Gasteiger partial charge in [0.25, 0.3) is 0 Å². The summed E-state index contributed by atoms with van der Waals surface area (Å²) >= 11 is 0. The molecule has 1 unspecified atom stereocenters. The van der Waals surface area contributed by atoms with Crippen molar-refractivity contribution in [2.75, 3.05) is 6.61 Å². The summed E-state index contributed by atoms with van der Waals surface area (Å²) in [4.78, 5) is 23.7. The summed E-state index contributed by atoms with van der Waals surface area (Å²) in [5.74, 6) is -0.714. The third-order valence-electron chi connectivity index (χ3n) is 5.15. The van der Waals surface area contributed by atoms with E-state index in [4.69, 9.17) is 4.74 Å². The molecule has 148 valence electrons. The van der Waals surface area contributed by atoms with E-state index in [0.717, 1.165) is 11.1 Å². The standard InChI is InChI=1S/C23H27NO4/c1-15(2)12-23(3,13-21(25)26)24-22(27)28-14-20-18-10-6-4-8-16(18)17-9-5-7-11-19(17)20/h4-11,15,20H,12-14H2,1-3H3,(H,24,27)(H,25,26). The Morgan fingerprint density at radius 3 is 2.11 bits per heavy atom. The van der Waals surface area contributed by atoms with Gasteiger partial charge < -0.3 is 15.2 Å². The molecule has 2 N–H and O–H groups in total. The smallest absolute Gasteiger partial charge is 0.407 e. The highest BCUT2D eigenvalue weighted by Crippen LogP contribution is 2.44. The first kappa shape index (κ1) is 19.9. The Balaban J connectivity index is 1.71. The SMILES string of the molecule is CC(C)CC(C)(CC(=O)O)NC(=O)OCC1c2ccccc2-c2ccccc21. The minimum absolute atomic E-state index is 0.0195. The molecule has 1 aliphatic rings. The van der Waals surface area contributed by atoms with Crippen LogP contribution in [0.2, 0.25) is 0 Å². The van der Waals surface area contributed by atoms with Crippen LogP contribution in [0.4, 0.5) is 4.79 Å². The van der Waals surface area contributed by atoms with E-state index >= 15 is 0 Å². The largest absolute Gasteiger partial charge is 0.481 e. The number of hydrogen-bond acceptors (Lipinski definition) is 3. The zero-order valence-electron chi connectivity index (χ0n) is 16.6. The van der Waals surface area contributed by atoms with Crippen molar-refractivity contribution in [1.29, 1.82) is 0 Å². The number of fused-ring (bicyclic) bond motifs is 3. The third-order valence-corrected chi connectivity index (χ3v) is 5.15. The summed E-state index contributed by atoms with van der Waals surface area (Å²) in [6.07, 6.45) is -0.162. The molecule has 5 heteroatoms. The Labute approximate surface area is 165 Å². The molecule has 0 aliphatic heterocycles. The van der Waals surface area contributed by atoms with Crippen molar-refractivity contribution in [2.24, 2.45) is 5.92 Å². The van der Waals surface area contributed by atoms with Crippen LogP contribution >= 0.6 is 0 Å². The monoisotopic (exact) mass is 381 g/mol. The summed E-state index contributed by atoms with van der Waals surface area (Å²) in [6.45, 7) is 5.96. The number of benzene rings is 2. The highest BCUT2D eigenvalue weighted by molar-refractivity contribution is 5.79. The molecule has 5 nitrogen and oxygen atoms in total. The quantitative estimate of drug-likeness (QED) is 0.722. The number of nitrogens with one attached hydrogen (secondary N) is 1. The van der Waals surface area contributed by atoms with Gasteiger partial charge in [0, 0.05) is 5.92 Å². The predicted molar refractivity (Wildman–Crippen MR) is 108 cm³/mol. The molecule has 1 aliphatic carbocycles. The molecule has 0 saturated carbocycles. The maximum absolute atomic E-state index is 12.5. The summed E-state index contributed by atoms with van der Waals surface area (Å²) in [5.41, 5.74) is 3.78. The first-order valence-electron chi connectivity index (χ1n) is 9.64. The molecule has 0 heterocycles. The number of aliphatic carboxylic acids is 1. The van der Waals surface area contributed by atoms with E-state index in [9.17, 15) is 14.7 Å². The second kappa shape index (κ2) is 8.05. The lowest BCUT2D eigenvalue weighted by atomic mass is 9.88. The second-order valence-corrected chi connectivity index (χ2v) is 8.18. The van der Waals surface area contributed by atoms with Crippen molar-refractivity contribution in [3.63, 3.8) is 0 Å². The molecule has 0 saturated heterocycles. The summed E-state index contributed by atoms with van der Waals surface area (Å²) < 4.78 is 5.56. The van der Waals surface area contributed by atoms with Gasteiger partial charge in [0.2, 0.25) is 0 Å². The Kier molecular flexibility index (Phi) is 5.73. The van der Waals surface area contributed by atoms with Gasteiger partial charge in [-0.15, -0.1) is 0 Å². The van der Waals surface area contributed by atoms with Crippen molar-refractivity contribution in [2.45, 2.75) is 45.1 Å². The molecule has 28 heavy (non-hydrogen) atoms. The van der Waals surface area contributed by atoms with Crippen LogP contribution in [0.15, 0.2) is 48.5 Å². The van der Waals surface area contributed by atoms with Gasteiger partial charge in [-0.1, -0.05) is 62.4 Å². The van der Waals surface area contributed by atoms with Gasteiger partial charge in [-0.2, -0.15) is 0 Å². The van der Waals surface area contributed by atoms with Crippen molar-refractivity contribution >= 4 is 12.1 Å². The Hall–Kier alpha value is -2.82. The van der Waals surface area contributed by atoms with Gasteiger partial charge in [0.1, 0.15) is 6.61 Å². The van der Waals surface area contributed by atoms with Crippen LogP contribution in [0, 0.1) is 5.92 Å². The number of amides is 1. The number of alkyl carbamates (subject to hydrolysis) is 1. The number of carboxylic acids is 1. The van der Waals surface area contributed by atoms with E-state index < -0.39 is 17.6 Å². The van der Waals surface area contributed by atoms with Crippen molar-refractivity contribution in [3.8, 4) is 11.1 Å². The number of ether oxygens (including phenoxy) is 1. The molecule has 0 fully saturated rings. The van der Waals surface area contributed by atoms with Gasteiger partial charge in [0.05, 0.1) is 12.0 Å². The van der Waals surface area contributed by atoms with E-state index in [2.05, 4.69) is 29.6 Å². The zero-order valence-corrected chi connectivity index (χ0v) is 16.6. The number of carboxylic acid groups (broad SMARTS) is 1. The van der Waals surface area contributed by atoms with E-state index in [-0.39, 0.29) is 24.9 Å². The Bertz CT molecular complexity index is 831. The number of hydrogen-bond donors (Lipinski definition) is 2. The van der Waals surface area contributed by atoms with E-state index in [0.29, 0.717) is 6.42 Å². The van der Waals surface area contributed by atoms with Gasteiger partial charge in [-0.05, 0) is 41.5 Å². The molecule has 1 amide bonds. The topological polar surface area (TPSA) is 75.6 Å². The molecule has 0 aromatic heterocycles. The van der Waals surface area contributed by atoms with Gasteiger partial charge in [-0.25, -0.2) is 4.79 Å². The van der Waals surface area contributed by atoms with E-state index in [1.165, 1.54) is 11.1 Å². The molecule has 2 aromatic rings. The molecule has 2 aromatic carbocycles. The van der Waals surface area contributed by atoms with Crippen LogP contribution in [0.1, 0.15) is 50.7 Å². The van der Waals surface area contributed by atoms with E-state index in [1.807, 2.05) is 38.1 Å². The molecule has 0 bridgehead atoms. The van der Waals surface area contributed by atoms with Crippen LogP contribution in [0.5, 0.6) is 0 Å². The molecular formula is C23H27NO4. The maximum atomic E-state index is 12.5. The van der Waals surface area contributed by atoms with Gasteiger partial charge >= 0.3 is 12.1 Å². The number of rotatable bonds is 7. The van der Waals surface area contributed by atoms with E-state index in [1.54, 1.807) is 6.92 Å². The number of carbonyl (C=O) groups excluding carboxylic acids is 1. The fourth-order valence-electron chi connectivity index (χ4n) is 4.28. The van der Waals surface area contributed by atoms with Crippen LogP contribution in [0.25, 0.3) is 11.1 Å². The predicted octanol–water partition coefficient (Wildman–Crippen LogP) is 4.80. The Morgan fingerprint density at radius 2 is 1.61 bits per heavy atom. The molecule has 0 spiro atoms. The van der Waals surface area contributed by atoms with Crippen molar-refractivity contribution < 1.29 is 19.4 Å². The first-order valence-corrected chi connectivity index (χ1v) is 9.64. The Morgan fingerprint density at radius 1 is 1.07 bits per heavy atom. The highest BCUT2D eigenvalue weighted by Gasteiger charge is 2.33. The maximum Gasteiger partial charge on any atom is 0.407 e. The normalized spacial score (nSPS) is 14.9. The highest BCUT2D eigenvalue weighted by atomic mass is 16.5.